The Morgan fingerprint density at radius 3 is 2.57 bits per heavy atom. The Balaban J connectivity index is 2.21. The Morgan fingerprint density at radius 1 is 1.24 bits per heavy atom. The smallest absolute Gasteiger partial charge is 0.365 e. The van der Waals surface area contributed by atoms with Gasteiger partial charge in [0, 0.05) is 17.5 Å². The van der Waals surface area contributed by atoms with E-state index in [-0.39, 0.29) is 11.8 Å². The molecule has 0 unspecified atom stereocenters. The van der Waals surface area contributed by atoms with Gasteiger partial charge in [-0.3, -0.25) is 0 Å². The van der Waals surface area contributed by atoms with Crippen LogP contribution in [0.3, 0.4) is 0 Å². The van der Waals surface area contributed by atoms with E-state index in [4.69, 9.17) is 0 Å². The normalized spacial score (nSPS) is 11.5. The van der Waals surface area contributed by atoms with Crippen LogP contribution in [-0.2, 0) is 12.7 Å². The summed E-state index contributed by atoms with van der Waals surface area (Å²) in [5.41, 5.74) is 0.142. The molecule has 8 heteroatoms. The van der Waals surface area contributed by atoms with Gasteiger partial charge in [-0.05, 0) is 30.9 Å². The van der Waals surface area contributed by atoms with Crippen LogP contribution in [0.5, 0.6) is 0 Å². The predicted molar refractivity (Wildman–Crippen MR) is 77.6 cm³/mol. The van der Waals surface area contributed by atoms with Crippen LogP contribution in [0.4, 0.5) is 24.9 Å². The number of alkyl halides is 3. The minimum atomic E-state index is -4.50. The maximum Gasteiger partial charge on any atom is 0.433 e. The first-order valence-corrected chi connectivity index (χ1v) is 7.25. The van der Waals surface area contributed by atoms with Crippen LogP contribution in [0.15, 0.2) is 17.5 Å². The monoisotopic (exact) mass is 316 g/mol. The van der Waals surface area contributed by atoms with Gasteiger partial charge in [-0.25, -0.2) is 4.98 Å². The van der Waals surface area contributed by atoms with Gasteiger partial charge in [0.25, 0.3) is 0 Å². The first-order chi connectivity index (χ1) is 9.90. The van der Waals surface area contributed by atoms with E-state index >= 15 is 0 Å². The Morgan fingerprint density at radius 2 is 2.00 bits per heavy atom. The van der Waals surface area contributed by atoms with Crippen molar-refractivity contribution in [1.82, 2.24) is 9.97 Å². The first kappa shape index (κ1) is 15.6. The average Bonchev–Trinajstić information content (AvgIpc) is 2.81. The van der Waals surface area contributed by atoms with Crippen LogP contribution in [0.2, 0.25) is 0 Å². The third-order valence-electron chi connectivity index (χ3n) is 2.75. The molecule has 0 aliphatic rings. The molecule has 0 atom stereocenters. The van der Waals surface area contributed by atoms with Crippen molar-refractivity contribution in [3.05, 3.63) is 33.6 Å². The molecule has 2 rings (SSSR count). The summed E-state index contributed by atoms with van der Waals surface area (Å²) in [6, 6.07) is 2.89. The van der Waals surface area contributed by atoms with E-state index < -0.39 is 11.9 Å². The number of hydrogen-bond donors (Lipinski definition) is 2. The Hall–Kier alpha value is -1.83. The quantitative estimate of drug-likeness (QED) is 0.878. The molecule has 2 aromatic heterocycles. The molecule has 0 saturated heterocycles. The summed E-state index contributed by atoms with van der Waals surface area (Å²) in [7, 11) is 0. The molecule has 2 N–H and O–H groups in total. The van der Waals surface area contributed by atoms with Crippen molar-refractivity contribution in [3.63, 3.8) is 0 Å². The fraction of sp³-hybridized carbons (Fsp3) is 0.385. The standard InChI is InChI=1S/C13H15F3N4S/c1-3-17-12-19-10(13(14,15)16)6-11(20-12)18-7-9-8(2)4-5-21-9/h4-6H,3,7H2,1-2H3,(H2,17,18,19,20). The lowest BCUT2D eigenvalue weighted by Crippen LogP contribution is -2.14. The SMILES string of the molecule is CCNc1nc(NCc2sccc2C)cc(C(F)(F)F)n1. The van der Waals surface area contributed by atoms with Crippen molar-refractivity contribution in [2.24, 2.45) is 0 Å². The summed E-state index contributed by atoms with van der Waals surface area (Å²) >= 11 is 1.55. The minimum absolute atomic E-state index is 0.0299. The highest BCUT2D eigenvalue weighted by Crippen LogP contribution is 2.30. The molecule has 0 amide bonds. The maximum absolute atomic E-state index is 12.8. The van der Waals surface area contributed by atoms with E-state index in [9.17, 15) is 13.2 Å². The average molecular weight is 316 g/mol. The fourth-order valence-corrected chi connectivity index (χ4v) is 2.52. The molecular weight excluding hydrogens is 301 g/mol. The van der Waals surface area contributed by atoms with Gasteiger partial charge in [-0.15, -0.1) is 11.3 Å². The zero-order valence-corrected chi connectivity index (χ0v) is 12.4. The summed E-state index contributed by atoms with van der Waals surface area (Å²) < 4.78 is 38.5. The second-order valence-corrected chi connectivity index (χ2v) is 5.37. The molecule has 2 aromatic rings. The number of nitrogens with one attached hydrogen (secondary N) is 2. The second kappa shape index (κ2) is 6.30. The van der Waals surface area contributed by atoms with Gasteiger partial charge in [0.2, 0.25) is 5.95 Å². The predicted octanol–water partition coefficient (Wildman–Crippen LogP) is 3.91. The number of halogens is 3. The molecule has 4 nitrogen and oxygen atoms in total. The third kappa shape index (κ3) is 4.07. The summed E-state index contributed by atoms with van der Waals surface area (Å²) in [6.45, 7) is 4.61. The lowest BCUT2D eigenvalue weighted by atomic mass is 10.3. The van der Waals surface area contributed by atoms with Crippen molar-refractivity contribution in [2.45, 2.75) is 26.6 Å². The highest BCUT2D eigenvalue weighted by molar-refractivity contribution is 7.10. The molecule has 0 aliphatic carbocycles. The molecular formula is C13H15F3N4S. The van der Waals surface area contributed by atoms with Crippen molar-refractivity contribution in [2.75, 3.05) is 17.2 Å². The molecule has 114 valence electrons. The van der Waals surface area contributed by atoms with Crippen molar-refractivity contribution in [3.8, 4) is 0 Å². The van der Waals surface area contributed by atoms with Gasteiger partial charge >= 0.3 is 6.18 Å². The van der Waals surface area contributed by atoms with Crippen LogP contribution in [0.1, 0.15) is 23.1 Å². The van der Waals surface area contributed by atoms with Gasteiger partial charge in [-0.1, -0.05) is 0 Å². The molecule has 0 spiro atoms. The summed E-state index contributed by atoms with van der Waals surface area (Å²) in [4.78, 5) is 8.57. The molecule has 0 saturated carbocycles. The van der Waals surface area contributed by atoms with Gasteiger partial charge in [0.05, 0.1) is 6.54 Å². The van der Waals surface area contributed by atoms with Gasteiger partial charge in [0.1, 0.15) is 5.82 Å². The maximum atomic E-state index is 12.8. The molecule has 2 heterocycles. The molecule has 0 radical (unpaired) electrons. The third-order valence-corrected chi connectivity index (χ3v) is 3.77. The lowest BCUT2D eigenvalue weighted by molar-refractivity contribution is -0.141. The number of rotatable bonds is 5. The van der Waals surface area contributed by atoms with E-state index in [0.717, 1.165) is 16.5 Å². The van der Waals surface area contributed by atoms with Gasteiger partial charge < -0.3 is 10.6 Å². The number of hydrogen-bond acceptors (Lipinski definition) is 5. The molecule has 0 bridgehead atoms. The summed E-state index contributed by atoms with van der Waals surface area (Å²) in [5.74, 6) is 0.124. The van der Waals surface area contributed by atoms with E-state index in [2.05, 4.69) is 20.6 Å². The minimum Gasteiger partial charge on any atom is -0.365 e. The van der Waals surface area contributed by atoms with Crippen molar-refractivity contribution < 1.29 is 13.2 Å². The second-order valence-electron chi connectivity index (χ2n) is 4.37. The number of aromatic nitrogens is 2. The van der Waals surface area contributed by atoms with Crippen molar-refractivity contribution >= 4 is 23.1 Å². The lowest BCUT2D eigenvalue weighted by Gasteiger charge is -2.12. The van der Waals surface area contributed by atoms with Crippen LogP contribution in [0.25, 0.3) is 0 Å². The topological polar surface area (TPSA) is 49.8 Å². The van der Waals surface area contributed by atoms with E-state index in [1.165, 1.54) is 0 Å². The molecule has 0 aromatic carbocycles. The van der Waals surface area contributed by atoms with Crippen LogP contribution < -0.4 is 10.6 Å². The number of nitrogens with zero attached hydrogens (tertiary/aromatic N) is 2. The van der Waals surface area contributed by atoms with E-state index in [0.29, 0.717) is 13.1 Å². The molecule has 0 fully saturated rings. The van der Waals surface area contributed by atoms with E-state index in [1.807, 2.05) is 18.4 Å². The van der Waals surface area contributed by atoms with Gasteiger partial charge in [-0.2, -0.15) is 18.2 Å². The Kier molecular flexibility index (Phi) is 4.66. The summed E-state index contributed by atoms with van der Waals surface area (Å²) in [6.07, 6.45) is -4.50. The van der Waals surface area contributed by atoms with Crippen molar-refractivity contribution in [1.29, 1.82) is 0 Å². The number of thiophene rings is 1. The van der Waals surface area contributed by atoms with Crippen LogP contribution >= 0.6 is 11.3 Å². The molecule has 0 aliphatic heterocycles. The highest BCUT2D eigenvalue weighted by Gasteiger charge is 2.33. The Labute approximate surface area is 124 Å². The first-order valence-electron chi connectivity index (χ1n) is 6.37. The number of aryl methyl sites for hydroxylation is 1. The van der Waals surface area contributed by atoms with Crippen LogP contribution in [0, 0.1) is 6.92 Å². The zero-order valence-electron chi connectivity index (χ0n) is 11.6. The van der Waals surface area contributed by atoms with Crippen LogP contribution in [-0.4, -0.2) is 16.5 Å². The molecule has 21 heavy (non-hydrogen) atoms. The van der Waals surface area contributed by atoms with Gasteiger partial charge in [0.15, 0.2) is 5.69 Å². The highest BCUT2D eigenvalue weighted by atomic mass is 32.1. The largest absolute Gasteiger partial charge is 0.433 e. The Bertz CT molecular complexity index is 610. The fourth-order valence-electron chi connectivity index (χ4n) is 1.68. The zero-order chi connectivity index (χ0) is 15.5. The summed E-state index contributed by atoms with van der Waals surface area (Å²) in [5, 5.41) is 7.57. The number of anilines is 2. The van der Waals surface area contributed by atoms with E-state index in [1.54, 1.807) is 18.3 Å².